The van der Waals surface area contributed by atoms with Gasteiger partial charge >= 0.3 is 0 Å². The smallest absolute Gasteiger partial charge is 0.257 e. The molecule has 0 bridgehead atoms. The fourth-order valence-corrected chi connectivity index (χ4v) is 3.23. The minimum Gasteiger partial charge on any atom is -0.494 e. The third-order valence-corrected chi connectivity index (χ3v) is 4.66. The van der Waals surface area contributed by atoms with E-state index < -0.39 is 0 Å². The van der Waals surface area contributed by atoms with E-state index in [0.717, 1.165) is 32.4 Å². The zero-order valence-corrected chi connectivity index (χ0v) is 19.3. The van der Waals surface area contributed by atoms with Gasteiger partial charge in [-0.05, 0) is 73.9 Å². The number of anilines is 1. The van der Waals surface area contributed by atoms with E-state index in [9.17, 15) is 9.59 Å². The van der Waals surface area contributed by atoms with Crippen molar-refractivity contribution < 1.29 is 14.3 Å². The number of ether oxygens (including phenoxy) is 1. The van der Waals surface area contributed by atoms with Crippen LogP contribution in [0.25, 0.3) is 0 Å². The predicted molar refractivity (Wildman–Crippen MR) is 129 cm³/mol. The number of benzene rings is 2. The van der Waals surface area contributed by atoms with Crippen molar-refractivity contribution in [1.82, 2.24) is 10.2 Å². The summed E-state index contributed by atoms with van der Waals surface area (Å²) in [5.41, 5.74) is 1.79. The van der Waals surface area contributed by atoms with Crippen LogP contribution >= 0.6 is 12.2 Å². The first kappa shape index (κ1) is 24.3. The van der Waals surface area contributed by atoms with Crippen LogP contribution in [0.4, 0.5) is 5.69 Å². The van der Waals surface area contributed by atoms with Gasteiger partial charge in [0.05, 0.1) is 6.61 Å². The molecule has 0 heterocycles. The van der Waals surface area contributed by atoms with Crippen LogP contribution in [0.5, 0.6) is 5.75 Å². The van der Waals surface area contributed by atoms with E-state index >= 15 is 0 Å². The van der Waals surface area contributed by atoms with Gasteiger partial charge < -0.3 is 15.0 Å². The van der Waals surface area contributed by atoms with E-state index in [4.69, 9.17) is 17.0 Å². The molecule has 2 rings (SSSR count). The van der Waals surface area contributed by atoms with Gasteiger partial charge in [-0.15, -0.1) is 0 Å². The van der Waals surface area contributed by atoms with Crippen molar-refractivity contribution in [1.29, 1.82) is 0 Å². The Labute approximate surface area is 190 Å². The van der Waals surface area contributed by atoms with Crippen LogP contribution in [0.2, 0.25) is 0 Å². The molecule has 2 N–H and O–H groups in total. The zero-order valence-electron chi connectivity index (χ0n) is 18.4. The second-order valence-electron chi connectivity index (χ2n) is 7.15. The molecular weight excluding hydrogens is 410 g/mol. The van der Waals surface area contributed by atoms with Gasteiger partial charge in [-0.25, -0.2) is 0 Å². The first-order chi connectivity index (χ1) is 15.0. The van der Waals surface area contributed by atoms with Crippen molar-refractivity contribution in [2.24, 2.45) is 0 Å². The van der Waals surface area contributed by atoms with Gasteiger partial charge in [0.1, 0.15) is 5.75 Å². The summed E-state index contributed by atoms with van der Waals surface area (Å²) in [4.78, 5) is 27.0. The Morgan fingerprint density at radius 1 is 0.935 bits per heavy atom. The number of hydrogen-bond donors (Lipinski definition) is 2. The van der Waals surface area contributed by atoms with Crippen LogP contribution in [0.1, 0.15) is 60.7 Å². The summed E-state index contributed by atoms with van der Waals surface area (Å²) in [7, 11) is 0. The fraction of sp³-hybridized carbons (Fsp3) is 0.375. The molecule has 0 fully saturated rings. The van der Waals surface area contributed by atoms with Crippen LogP contribution in [0.15, 0.2) is 48.5 Å². The summed E-state index contributed by atoms with van der Waals surface area (Å²) in [5.74, 6) is 0.353. The van der Waals surface area contributed by atoms with Crippen molar-refractivity contribution in [2.45, 2.75) is 40.0 Å². The molecule has 0 saturated heterocycles. The van der Waals surface area contributed by atoms with Crippen molar-refractivity contribution in [3.8, 4) is 5.75 Å². The SMILES string of the molecule is CCCOc1cccc(C(=O)NC(=S)Nc2ccc(C(=O)N(CCC)CCC)cc2)c1. The maximum Gasteiger partial charge on any atom is 0.257 e. The highest BCUT2D eigenvalue weighted by atomic mass is 32.1. The van der Waals surface area contributed by atoms with Gasteiger partial charge in [-0.1, -0.05) is 26.8 Å². The topological polar surface area (TPSA) is 70.7 Å². The lowest BCUT2D eigenvalue weighted by atomic mass is 10.1. The van der Waals surface area contributed by atoms with E-state index in [1.165, 1.54) is 0 Å². The Balaban J connectivity index is 1.95. The van der Waals surface area contributed by atoms with Crippen molar-refractivity contribution in [3.05, 3.63) is 59.7 Å². The monoisotopic (exact) mass is 441 g/mol. The standard InChI is InChI=1S/C24H31N3O3S/c1-4-14-27(15-5-2)23(29)18-10-12-20(13-11-18)25-24(31)26-22(28)19-8-7-9-21(17-19)30-16-6-3/h7-13,17H,4-6,14-16H2,1-3H3,(H2,25,26,28,31). The highest BCUT2D eigenvalue weighted by Crippen LogP contribution is 2.15. The maximum atomic E-state index is 12.7. The molecule has 31 heavy (non-hydrogen) atoms. The molecule has 0 saturated carbocycles. The molecule has 0 aromatic heterocycles. The molecule has 2 aromatic carbocycles. The molecule has 0 radical (unpaired) electrons. The third kappa shape index (κ3) is 7.68. The molecule has 166 valence electrons. The number of thiocarbonyl (C=S) groups is 1. The van der Waals surface area contributed by atoms with Crippen molar-refractivity contribution >= 4 is 34.8 Å². The minimum atomic E-state index is -0.319. The van der Waals surface area contributed by atoms with Gasteiger partial charge in [0.25, 0.3) is 11.8 Å². The normalized spacial score (nSPS) is 10.3. The quantitative estimate of drug-likeness (QED) is 0.515. The van der Waals surface area contributed by atoms with E-state index in [-0.39, 0.29) is 16.9 Å². The molecule has 2 aromatic rings. The van der Waals surface area contributed by atoms with Gasteiger partial charge in [0.15, 0.2) is 5.11 Å². The van der Waals surface area contributed by atoms with Gasteiger partial charge in [-0.3, -0.25) is 14.9 Å². The largest absolute Gasteiger partial charge is 0.494 e. The molecule has 6 nitrogen and oxygen atoms in total. The first-order valence-corrected chi connectivity index (χ1v) is 11.1. The number of nitrogens with one attached hydrogen (secondary N) is 2. The van der Waals surface area contributed by atoms with Gasteiger partial charge in [0.2, 0.25) is 0 Å². The Morgan fingerprint density at radius 2 is 1.61 bits per heavy atom. The Morgan fingerprint density at radius 3 is 2.23 bits per heavy atom. The highest BCUT2D eigenvalue weighted by molar-refractivity contribution is 7.80. The van der Waals surface area contributed by atoms with Crippen LogP contribution < -0.4 is 15.4 Å². The number of hydrogen-bond acceptors (Lipinski definition) is 4. The second-order valence-corrected chi connectivity index (χ2v) is 7.56. The minimum absolute atomic E-state index is 0.0244. The lowest BCUT2D eigenvalue weighted by Gasteiger charge is -2.21. The molecule has 0 atom stereocenters. The van der Waals surface area contributed by atoms with Crippen LogP contribution in [0, 0.1) is 0 Å². The van der Waals surface area contributed by atoms with Crippen molar-refractivity contribution in [2.75, 3.05) is 25.0 Å². The molecule has 7 heteroatoms. The predicted octanol–water partition coefficient (Wildman–Crippen LogP) is 4.86. The molecule has 2 amide bonds. The second kappa shape index (κ2) is 12.7. The van der Waals surface area contributed by atoms with Crippen molar-refractivity contribution in [3.63, 3.8) is 0 Å². The summed E-state index contributed by atoms with van der Waals surface area (Å²) < 4.78 is 5.56. The molecule has 0 aliphatic carbocycles. The first-order valence-electron chi connectivity index (χ1n) is 10.7. The molecule has 0 spiro atoms. The van der Waals surface area contributed by atoms with E-state index in [1.54, 1.807) is 42.5 Å². The molecule has 0 aliphatic rings. The molecule has 0 unspecified atom stereocenters. The average molecular weight is 442 g/mol. The highest BCUT2D eigenvalue weighted by Gasteiger charge is 2.14. The number of rotatable bonds is 10. The van der Waals surface area contributed by atoms with E-state index in [1.807, 2.05) is 17.9 Å². The van der Waals surface area contributed by atoms with Gasteiger partial charge in [0, 0.05) is 29.9 Å². The number of amides is 2. The third-order valence-electron chi connectivity index (χ3n) is 4.46. The van der Waals surface area contributed by atoms with E-state index in [2.05, 4.69) is 24.5 Å². The number of carbonyl (C=O) groups excluding carboxylic acids is 2. The summed E-state index contributed by atoms with van der Waals surface area (Å²) in [6.45, 7) is 8.23. The average Bonchev–Trinajstić information content (AvgIpc) is 2.77. The number of nitrogens with zero attached hydrogens (tertiary/aromatic N) is 1. The zero-order chi connectivity index (χ0) is 22.6. The summed E-state index contributed by atoms with van der Waals surface area (Å²) >= 11 is 5.26. The summed E-state index contributed by atoms with van der Waals surface area (Å²) in [5, 5.41) is 5.83. The van der Waals surface area contributed by atoms with Crippen LogP contribution in [-0.4, -0.2) is 41.5 Å². The van der Waals surface area contributed by atoms with Crippen LogP contribution in [0.3, 0.4) is 0 Å². The Kier molecular flexibility index (Phi) is 9.97. The molecular formula is C24H31N3O3S. The Hall–Kier alpha value is -2.93. The van der Waals surface area contributed by atoms with Gasteiger partial charge in [-0.2, -0.15) is 0 Å². The summed E-state index contributed by atoms with van der Waals surface area (Å²) in [6, 6.07) is 14.1. The van der Waals surface area contributed by atoms with Crippen LogP contribution in [-0.2, 0) is 0 Å². The maximum absolute atomic E-state index is 12.7. The number of carbonyl (C=O) groups is 2. The van der Waals surface area contributed by atoms with E-state index in [0.29, 0.717) is 29.2 Å². The Bertz CT molecular complexity index is 878. The summed E-state index contributed by atoms with van der Waals surface area (Å²) in [6.07, 6.45) is 2.74. The fourth-order valence-electron chi connectivity index (χ4n) is 3.02. The lowest BCUT2D eigenvalue weighted by molar-refractivity contribution is 0.0755. The lowest BCUT2D eigenvalue weighted by Crippen LogP contribution is -2.34. The molecule has 0 aliphatic heterocycles.